The predicted molar refractivity (Wildman–Crippen MR) is 143 cm³/mol. The maximum Gasteiger partial charge on any atom is 0.262 e. The summed E-state index contributed by atoms with van der Waals surface area (Å²) in [5.74, 6) is -0.820. The molecule has 1 aromatic heterocycles. The number of benzene rings is 3. The fourth-order valence-electron chi connectivity index (χ4n) is 4.44. The summed E-state index contributed by atoms with van der Waals surface area (Å²) in [5.41, 5.74) is 9.63. The van der Waals surface area contributed by atoms with Crippen molar-refractivity contribution in [1.29, 1.82) is 0 Å². The van der Waals surface area contributed by atoms with E-state index in [1.807, 2.05) is 60.0 Å². The molecule has 2 amide bonds. The van der Waals surface area contributed by atoms with Gasteiger partial charge in [0.1, 0.15) is 0 Å². The molecule has 0 bridgehead atoms. The normalized spacial score (nSPS) is 14.0. The number of anilines is 3. The van der Waals surface area contributed by atoms with Crippen LogP contribution in [-0.4, -0.2) is 29.8 Å². The number of hydrogen-bond donors (Lipinski definition) is 1. The Morgan fingerprint density at radius 1 is 0.917 bits per heavy atom. The van der Waals surface area contributed by atoms with Crippen LogP contribution in [-0.2, 0) is 4.79 Å². The van der Waals surface area contributed by atoms with E-state index in [-0.39, 0.29) is 11.5 Å². The molecule has 1 aliphatic rings. The maximum absolute atomic E-state index is 14.9. The number of carbonyl (C=O) groups is 2. The third-order valence-corrected chi connectivity index (χ3v) is 7.30. The summed E-state index contributed by atoms with van der Waals surface area (Å²) in [6, 6.07) is 25.1. The largest absolute Gasteiger partial charge is 0.397 e. The van der Waals surface area contributed by atoms with Gasteiger partial charge < -0.3 is 10.6 Å². The van der Waals surface area contributed by atoms with Gasteiger partial charge in [-0.05, 0) is 71.8 Å². The monoisotopic (exact) mass is 499 g/mol. The Morgan fingerprint density at radius 3 is 2.31 bits per heavy atom. The number of hydrogen-bond acceptors (Lipinski definition) is 4. The quantitative estimate of drug-likeness (QED) is 0.304. The highest BCUT2D eigenvalue weighted by Gasteiger charge is 2.28. The molecule has 2 N–H and O–H groups in total. The SMILES string of the molecule is Nc1ccc(-c2cccs2)cc1N(C(=O)c1ccc(C(F)C(=O)N2CCCC2)cc1)c1ccccc1. The molecule has 182 valence electrons. The van der Waals surface area contributed by atoms with Crippen LogP contribution in [0.5, 0.6) is 0 Å². The molecule has 1 saturated heterocycles. The minimum Gasteiger partial charge on any atom is -0.397 e. The number of nitrogen functional groups attached to an aromatic ring is 1. The Bertz CT molecular complexity index is 1350. The highest BCUT2D eigenvalue weighted by molar-refractivity contribution is 7.13. The Kier molecular flexibility index (Phi) is 6.82. The first kappa shape index (κ1) is 23.8. The van der Waals surface area contributed by atoms with Crippen molar-refractivity contribution in [2.45, 2.75) is 19.0 Å². The molecule has 1 fully saturated rings. The first-order valence-corrected chi connectivity index (χ1v) is 12.8. The molecule has 0 aliphatic carbocycles. The molecule has 4 aromatic rings. The number of halogens is 1. The van der Waals surface area contributed by atoms with E-state index in [4.69, 9.17) is 5.73 Å². The van der Waals surface area contributed by atoms with Gasteiger partial charge in [-0.15, -0.1) is 11.3 Å². The van der Waals surface area contributed by atoms with E-state index >= 15 is 0 Å². The molecule has 1 unspecified atom stereocenters. The minimum atomic E-state index is -1.74. The third kappa shape index (κ3) is 4.75. The standard InChI is InChI=1S/C29H26FN3O2S/c30-27(29(35)32-16-4-5-17-32)20-10-12-21(13-11-20)28(34)33(23-7-2-1-3-8-23)25-19-22(14-15-24(25)31)26-9-6-18-36-26/h1-3,6-15,18-19,27H,4-5,16-17,31H2. The van der Waals surface area contributed by atoms with Crippen LogP contribution in [0.4, 0.5) is 21.5 Å². The molecule has 2 heterocycles. The van der Waals surface area contributed by atoms with Gasteiger partial charge >= 0.3 is 0 Å². The zero-order valence-corrected chi connectivity index (χ0v) is 20.5. The predicted octanol–water partition coefficient (Wildman–Crippen LogP) is 6.61. The number of thiophene rings is 1. The van der Waals surface area contributed by atoms with E-state index in [0.29, 0.717) is 35.7 Å². The summed E-state index contributed by atoms with van der Waals surface area (Å²) in [5, 5.41) is 2.00. The van der Waals surface area contributed by atoms with Crippen LogP contribution in [0.1, 0.15) is 34.9 Å². The van der Waals surface area contributed by atoms with Crippen LogP contribution in [0.25, 0.3) is 10.4 Å². The van der Waals surface area contributed by atoms with Gasteiger partial charge in [-0.2, -0.15) is 0 Å². The van der Waals surface area contributed by atoms with Crippen molar-refractivity contribution >= 4 is 40.2 Å². The van der Waals surface area contributed by atoms with Crippen LogP contribution >= 0.6 is 11.3 Å². The highest BCUT2D eigenvalue weighted by Crippen LogP contribution is 2.37. The Labute approximate surface area is 213 Å². The van der Waals surface area contributed by atoms with Gasteiger partial charge in [0, 0.05) is 29.2 Å². The lowest BCUT2D eigenvalue weighted by molar-refractivity contribution is -0.135. The number of nitrogens with zero attached hydrogens (tertiary/aromatic N) is 2. The third-order valence-electron chi connectivity index (χ3n) is 6.38. The lowest BCUT2D eigenvalue weighted by atomic mass is 10.0. The minimum absolute atomic E-state index is 0.244. The number of likely N-dealkylation sites (tertiary alicyclic amines) is 1. The van der Waals surface area contributed by atoms with Crippen LogP contribution in [0.3, 0.4) is 0 Å². The topological polar surface area (TPSA) is 66.6 Å². The van der Waals surface area contributed by atoms with Gasteiger partial charge in [0.25, 0.3) is 11.8 Å². The van der Waals surface area contributed by atoms with Gasteiger partial charge in [-0.3, -0.25) is 14.5 Å². The summed E-state index contributed by atoms with van der Waals surface area (Å²) in [7, 11) is 0. The Hall–Kier alpha value is -3.97. The summed E-state index contributed by atoms with van der Waals surface area (Å²) in [4.78, 5) is 30.5. The van der Waals surface area contributed by atoms with Crippen molar-refractivity contribution in [1.82, 2.24) is 4.90 Å². The zero-order chi connectivity index (χ0) is 25.1. The highest BCUT2D eigenvalue weighted by atomic mass is 32.1. The summed E-state index contributed by atoms with van der Waals surface area (Å²) in [6.45, 7) is 1.18. The van der Waals surface area contributed by atoms with E-state index in [0.717, 1.165) is 23.3 Å². The molecule has 7 heteroatoms. The number of carbonyl (C=O) groups excluding carboxylic acids is 2. The molecule has 0 saturated carbocycles. The molecular weight excluding hydrogens is 473 g/mol. The van der Waals surface area contributed by atoms with Gasteiger partial charge in [0.15, 0.2) is 0 Å². The fourth-order valence-corrected chi connectivity index (χ4v) is 5.16. The lowest BCUT2D eigenvalue weighted by Gasteiger charge is -2.25. The molecule has 0 radical (unpaired) electrons. The van der Waals surface area contributed by atoms with E-state index in [2.05, 4.69) is 0 Å². The van der Waals surface area contributed by atoms with Crippen LogP contribution in [0.15, 0.2) is 90.3 Å². The Morgan fingerprint density at radius 2 is 1.64 bits per heavy atom. The molecule has 5 nitrogen and oxygen atoms in total. The molecule has 36 heavy (non-hydrogen) atoms. The second-order valence-corrected chi connectivity index (χ2v) is 9.69. The van der Waals surface area contributed by atoms with E-state index in [9.17, 15) is 14.0 Å². The van der Waals surface area contributed by atoms with Crippen LogP contribution in [0.2, 0.25) is 0 Å². The molecule has 1 atom stereocenters. The number of amides is 2. The zero-order valence-electron chi connectivity index (χ0n) is 19.6. The van der Waals surface area contributed by atoms with Crippen LogP contribution in [0, 0.1) is 0 Å². The van der Waals surface area contributed by atoms with Gasteiger partial charge in [0.2, 0.25) is 6.17 Å². The molecule has 5 rings (SSSR count). The first-order valence-electron chi connectivity index (χ1n) is 11.9. The molecule has 3 aromatic carbocycles. The Balaban J connectivity index is 1.48. The van der Waals surface area contributed by atoms with Crippen molar-refractivity contribution in [2.24, 2.45) is 0 Å². The average Bonchev–Trinajstić information content (AvgIpc) is 3.65. The maximum atomic E-state index is 14.9. The number of rotatable bonds is 6. The van der Waals surface area contributed by atoms with Crippen LogP contribution < -0.4 is 10.6 Å². The molecule has 1 aliphatic heterocycles. The number of nitrogens with two attached hydrogens (primary N) is 1. The van der Waals surface area contributed by atoms with Gasteiger partial charge in [0.05, 0.1) is 11.4 Å². The molecular formula is C29H26FN3O2S. The lowest BCUT2D eigenvalue weighted by Crippen LogP contribution is -2.31. The van der Waals surface area contributed by atoms with E-state index in [1.54, 1.807) is 39.3 Å². The van der Waals surface area contributed by atoms with Crippen molar-refractivity contribution in [3.8, 4) is 10.4 Å². The second kappa shape index (κ2) is 10.3. The summed E-state index contributed by atoms with van der Waals surface area (Å²) < 4.78 is 14.9. The van der Waals surface area contributed by atoms with E-state index in [1.165, 1.54) is 12.1 Å². The molecule has 0 spiro atoms. The van der Waals surface area contributed by atoms with Crippen molar-refractivity contribution in [2.75, 3.05) is 23.7 Å². The number of alkyl halides is 1. The summed E-state index contributed by atoms with van der Waals surface area (Å²) >= 11 is 1.61. The fraction of sp³-hybridized carbons (Fsp3) is 0.172. The van der Waals surface area contributed by atoms with Crippen molar-refractivity contribution < 1.29 is 14.0 Å². The summed E-state index contributed by atoms with van der Waals surface area (Å²) in [6.07, 6.45) is 0.0615. The smallest absolute Gasteiger partial charge is 0.262 e. The number of para-hydroxylation sites is 1. The van der Waals surface area contributed by atoms with Gasteiger partial charge in [-0.1, -0.05) is 42.5 Å². The van der Waals surface area contributed by atoms with Crippen molar-refractivity contribution in [3.63, 3.8) is 0 Å². The van der Waals surface area contributed by atoms with Crippen molar-refractivity contribution in [3.05, 3.63) is 101 Å². The second-order valence-electron chi connectivity index (χ2n) is 8.74. The first-order chi connectivity index (χ1) is 17.5. The van der Waals surface area contributed by atoms with Gasteiger partial charge in [-0.25, -0.2) is 4.39 Å². The average molecular weight is 500 g/mol. The van der Waals surface area contributed by atoms with E-state index < -0.39 is 12.1 Å².